The van der Waals surface area contributed by atoms with Gasteiger partial charge >= 0.3 is 11.7 Å². The van der Waals surface area contributed by atoms with Crippen LogP contribution in [-0.4, -0.2) is 23.3 Å². The second kappa shape index (κ2) is 7.99. The normalized spacial score (nSPS) is 12.8. The summed E-state index contributed by atoms with van der Waals surface area (Å²) in [5.41, 5.74) is -5.99. The van der Waals surface area contributed by atoms with Crippen LogP contribution in [-0.2, 0) is 16.0 Å². The minimum atomic E-state index is -5.46. The number of hydrogen-bond donors (Lipinski definition) is 1. The highest BCUT2D eigenvalue weighted by Gasteiger charge is 2.46. The summed E-state index contributed by atoms with van der Waals surface area (Å²) in [6.07, 6.45) is -3.32. The molecule has 0 fully saturated rings. The molecule has 1 N–H and O–H groups in total. The van der Waals surface area contributed by atoms with Crippen molar-refractivity contribution >= 4 is 43.0 Å². The molecule has 13 heteroatoms. The third-order valence-corrected chi connectivity index (χ3v) is 6.90. The van der Waals surface area contributed by atoms with Gasteiger partial charge in [-0.3, -0.25) is 4.98 Å². The van der Waals surface area contributed by atoms with Crippen molar-refractivity contribution in [3.63, 3.8) is 0 Å². The summed E-state index contributed by atoms with van der Waals surface area (Å²) in [5.74, 6) is 0.310. The number of alkyl halides is 6. The van der Waals surface area contributed by atoms with Gasteiger partial charge in [0.05, 0.1) is 20.9 Å². The van der Waals surface area contributed by atoms with Gasteiger partial charge in [0.15, 0.2) is 5.82 Å². The Balaban J connectivity index is 1.63. The number of pyridine rings is 1. The van der Waals surface area contributed by atoms with E-state index in [1.54, 1.807) is 6.07 Å². The van der Waals surface area contributed by atoms with Crippen molar-refractivity contribution in [2.24, 2.45) is 0 Å². The smallest absolute Gasteiger partial charge is 0.339 e. The van der Waals surface area contributed by atoms with E-state index in [1.165, 1.54) is 24.4 Å². The zero-order valence-corrected chi connectivity index (χ0v) is 17.7. The summed E-state index contributed by atoms with van der Waals surface area (Å²) in [4.78, 5) is 2.96. The summed E-state index contributed by atoms with van der Waals surface area (Å²) < 4.78 is 106. The van der Waals surface area contributed by atoms with Crippen molar-refractivity contribution in [3.05, 3.63) is 66.4 Å². The van der Waals surface area contributed by atoms with Crippen molar-refractivity contribution in [2.75, 3.05) is 5.32 Å². The summed E-state index contributed by atoms with van der Waals surface area (Å²) >= 11 is 1.000. The van der Waals surface area contributed by atoms with Gasteiger partial charge in [-0.1, -0.05) is 6.07 Å². The van der Waals surface area contributed by atoms with Gasteiger partial charge in [-0.25, -0.2) is 8.42 Å². The van der Waals surface area contributed by atoms with Crippen LogP contribution < -0.4 is 5.32 Å². The monoisotopic (exact) mass is 503 g/mol. The van der Waals surface area contributed by atoms with E-state index >= 15 is 0 Å². The van der Waals surface area contributed by atoms with E-state index in [0.29, 0.717) is 15.9 Å². The van der Waals surface area contributed by atoms with E-state index in [-0.39, 0.29) is 16.9 Å². The maximum atomic E-state index is 13.3. The minimum absolute atomic E-state index is 0.226. The van der Waals surface area contributed by atoms with Crippen LogP contribution in [0.5, 0.6) is 0 Å². The lowest BCUT2D eigenvalue weighted by Gasteiger charge is -2.11. The molecule has 2 aromatic heterocycles. The van der Waals surface area contributed by atoms with Crippen molar-refractivity contribution in [2.45, 2.75) is 16.6 Å². The first kappa shape index (κ1) is 23.0. The van der Waals surface area contributed by atoms with E-state index < -0.39 is 32.0 Å². The van der Waals surface area contributed by atoms with E-state index in [4.69, 9.17) is 0 Å². The first-order valence-corrected chi connectivity index (χ1v) is 11.2. The summed E-state index contributed by atoms with van der Waals surface area (Å²) in [6.45, 7) is 0. The van der Waals surface area contributed by atoms with Crippen LogP contribution in [0.3, 0.4) is 0 Å². The Bertz CT molecular complexity index is 1430. The third kappa shape index (κ3) is 4.37. The number of hydrogen-bond acceptors (Lipinski definition) is 6. The maximum Gasteiger partial charge on any atom is 0.501 e. The molecule has 4 rings (SSSR count). The number of anilines is 2. The van der Waals surface area contributed by atoms with Gasteiger partial charge in [0.25, 0.3) is 9.84 Å². The molecular weight excluding hydrogens is 492 g/mol. The molecule has 0 aliphatic rings. The predicted molar refractivity (Wildman–Crippen MR) is 111 cm³/mol. The number of nitrogens with one attached hydrogen (secondary N) is 1. The van der Waals surface area contributed by atoms with Crippen LogP contribution in [0.4, 0.5) is 37.8 Å². The van der Waals surface area contributed by atoms with Crippen LogP contribution in [0.1, 0.15) is 5.56 Å². The number of benzene rings is 2. The standard InChI is InChI=1S/C20H11F6N3O2S2/c21-19(22,23)15-2-1-9-27-17(15)11-3-8-14-16(10-11)32-29-18(14)28-12-4-6-13(7-5-12)33(30,31)20(24,25)26/h1-10H,(H,28,29). The molecule has 0 radical (unpaired) electrons. The lowest BCUT2D eigenvalue weighted by Crippen LogP contribution is -2.23. The van der Waals surface area contributed by atoms with Crippen LogP contribution in [0.2, 0.25) is 0 Å². The molecule has 0 bridgehead atoms. The molecule has 2 heterocycles. The molecule has 2 aromatic carbocycles. The van der Waals surface area contributed by atoms with Crippen LogP contribution in [0.25, 0.3) is 21.3 Å². The number of fused-ring (bicyclic) bond motifs is 1. The summed E-state index contributed by atoms with van der Waals surface area (Å²) in [7, 11) is -5.46. The van der Waals surface area contributed by atoms with E-state index in [2.05, 4.69) is 14.7 Å². The number of halogens is 6. The highest BCUT2D eigenvalue weighted by atomic mass is 32.2. The van der Waals surface area contributed by atoms with Gasteiger partial charge in [0.1, 0.15) is 0 Å². The molecule has 4 aromatic rings. The molecule has 0 atom stereocenters. The average molecular weight is 503 g/mol. The molecule has 0 saturated heterocycles. The lowest BCUT2D eigenvalue weighted by atomic mass is 10.0. The van der Waals surface area contributed by atoms with E-state index in [9.17, 15) is 34.8 Å². The minimum Gasteiger partial charge on any atom is -0.339 e. The number of nitrogens with zero attached hydrogens (tertiary/aromatic N) is 2. The van der Waals surface area contributed by atoms with Gasteiger partial charge < -0.3 is 5.32 Å². The Morgan fingerprint density at radius 2 is 1.61 bits per heavy atom. The third-order valence-electron chi connectivity index (χ3n) is 4.59. The first-order valence-electron chi connectivity index (χ1n) is 8.98. The van der Waals surface area contributed by atoms with Crippen molar-refractivity contribution in [1.82, 2.24) is 9.36 Å². The molecule has 0 amide bonds. The molecule has 0 aliphatic heterocycles. The Hall–Kier alpha value is -3.19. The fraction of sp³-hybridized carbons (Fsp3) is 0.100. The maximum absolute atomic E-state index is 13.3. The average Bonchev–Trinajstić information content (AvgIpc) is 3.15. The van der Waals surface area contributed by atoms with Gasteiger partial charge in [-0.2, -0.15) is 30.7 Å². The zero-order valence-electron chi connectivity index (χ0n) is 16.1. The Kier molecular flexibility index (Phi) is 5.56. The highest BCUT2D eigenvalue weighted by molar-refractivity contribution is 7.92. The Morgan fingerprint density at radius 3 is 2.24 bits per heavy atom. The molecule has 172 valence electrons. The van der Waals surface area contributed by atoms with Gasteiger partial charge in [0.2, 0.25) is 0 Å². The number of rotatable bonds is 4. The quantitative estimate of drug-likeness (QED) is 0.326. The molecule has 0 saturated carbocycles. The van der Waals surface area contributed by atoms with E-state index in [0.717, 1.165) is 41.9 Å². The molecule has 0 aliphatic carbocycles. The lowest BCUT2D eigenvalue weighted by molar-refractivity contribution is -0.137. The van der Waals surface area contributed by atoms with Gasteiger partial charge in [0, 0.05) is 22.8 Å². The SMILES string of the molecule is O=S(=O)(c1ccc(Nc2nsc3cc(-c4ncccc4C(F)(F)F)ccc23)cc1)C(F)(F)F. The molecule has 33 heavy (non-hydrogen) atoms. The Morgan fingerprint density at radius 1 is 0.909 bits per heavy atom. The second-order valence-corrected chi connectivity index (χ2v) is 9.48. The highest BCUT2D eigenvalue weighted by Crippen LogP contribution is 2.38. The summed E-state index contributed by atoms with van der Waals surface area (Å²) in [5, 5.41) is 3.42. The predicted octanol–water partition coefficient (Wildman–Crippen LogP) is 6.41. The van der Waals surface area contributed by atoms with Crippen LogP contribution in [0, 0.1) is 0 Å². The first-order chi connectivity index (χ1) is 15.4. The van der Waals surface area contributed by atoms with Gasteiger partial charge in [-0.05, 0) is 60.1 Å². The van der Waals surface area contributed by atoms with Crippen molar-refractivity contribution in [1.29, 1.82) is 0 Å². The number of sulfone groups is 1. The van der Waals surface area contributed by atoms with Crippen LogP contribution in [0.15, 0.2) is 65.7 Å². The largest absolute Gasteiger partial charge is 0.501 e. The van der Waals surface area contributed by atoms with Crippen molar-refractivity contribution < 1.29 is 34.8 Å². The van der Waals surface area contributed by atoms with Crippen LogP contribution >= 0.6 is 11.5 Å². The summed E-state index contributed by atoms with van der Waals surface area (Å²) in [6, 6.07) is 10.6. The fourth-order valence-corrected chi connectivity index (χ4v) is 4.56. The fourth-order valence-electron chi connectivity index (χ4n) is 3.03. The number of aromatic nitrogens is 2. The van der Waals surface area contributed by atoms with Crippen molar-refractivity contribution in [3.8, 4) is 11.3 Å². The second-order valence-electron chi connectivity index (χ2n) is 6.74. The molecule has 5 nitrogen and oxygen atoms in total. The van der Waals surface area contributed by atoms with E-state index in [1.807, 2.05) is 0 Å². The Labute approximate surface area is 186 Å². The molecule has 0 unspecified atom stereocenters. The van der Waals surface area contributed by atoms with Gasteiger partial charge in [-0.15, -0.1) is 0 Å². The molecular formula is C20H11F6N3O2S2. The molecule has 0 spiro atoms. The topological polar surface area (TPSA) is 72.0 Å². The zero-order chi connectivity index (χ0) is 24.0.